The summed E-state index contributed by atoms with van der Waals surface area (Å²) in [6, 6.07) is 10.2. The van der Waals surface area contributed by atoms with Crippen molar-refractivity contribution >= 4 is 50.1 Å². The van der Waals surface area contributed by atoms with Crippen molar-refractivity contribution in [3.63, 3.8) is 0 Å². The molecule has 1 saturated heterocycles. The molecule has 19 heteroatoms. The van der Waals surface area contributed by atoms with Crippen molar-refractivity contribution in [2.24, 2.45) is 4.99 Å². The molecule has 2 heterocycles. The molecule has 1 aliphatic heterocycles. The van der Waals surface area contributed by atoms with Crippen molar-refractivity contribution in [3.05, 3.63) is 90.1 Å². The predicted molar refractivity (Wildman–Crippen MR) is 166 cm³/mol. The molecular formula is C30H22F7N5O5S2. The maximum absolute atomic E-state index is 15.1. The Morgan fingerprint density at radius 1 is 1.04 bits per heavy atom. The molecule has 1 aromatic heterocycles. The molecule has 1 N–H and O–H groups in total. The van der Waals surface area contributed by atoms with Crippen molar-refractivity contribution in [1.29, 1.82) is 0 Å². The molecule has 10 nitrogen and oxygen atoms in total. The minimum absolute atomic E-state index is 0.178. The summed E-state index contributed by atoms with van der Waals surface area (Å²) in [7, 11) is -4.66. The lowest BCUT2D eigenvalue weighted by Gasteiger charge is -2.26. The Labute approximate surface area is 277 Å². The van der Waals surface area contributed by atoms with E-state index in [-0.39, 0.29) is 44.8 Å². The van der Waals surface area contributed by atoms with E-state index in [1.165, 1.54) is 47.4 Å². The Balaban J connectivity index is 1.34. The van der Waals surface area contributed by atoms with Crippen LogP contribution in [0.4, 0.5) is 46.9 Å². The van der Waals surface area contributed by atoms with Gasteiger partial charge in [-0.05, 0) is 55.0 Å². The fraction of sp³-hybridized carbons (Fsp3) is 0.200. The van der Waals surface area contributed by atoms with Crippen molar-refractivity contribution < 1.29 is 53.5 Å². The number of urea groups is 1. The summed E-state index contributed by atoms with van der Waals surface area (Å²) in [6.07, 6.45) is -4.52. The second kappa shape index (κ2) is 13.3. The Morgan fingerprint density at radius 3 is 2.35 bits per heavy atom. The summed E-state index contributed by atoms with van der Waals surface area (Å²) in [5.41, 5.74) is -5.13. The minimum atomic E-state index is -5.53. The number of amides is 3. The first-order valence-electron chi connectivity index (χ1n) is 13.7. The van der Waals surface area contributed by atoms with Gasteiger partial charge in [-0.2, -0.15) is 31.3 Å². The van der Waals surface area contributed by atoms with Crippen molar-refractivity contribution in [3.8, 4) is 16.9 Å². The number of imidazole rings is 1. The van der Waals surface area contributed by atoms with Crippen LogP contribution in [-0.4, -0.2) is 59.6 Å². The van der Waals surface area contributed by atoms with E-state index in [0.717, 1.165) is 54.1 Å². The first-order valence-corrected chi connectivity index (χ1v) is 16.2. The number of alkyl halides is 6. The third kappa shape index (κ3) is 7.32. The fourth-order valence-corrected chi connectivity index (χ4v) is 6.36. The lowest BCUT2D eigenvalue weighted by Crippen LogP contribution is -2.33. The zero-order valence-electron chi connectivity index (χ0n) is 25.0. The Hall–Kier alpha value is -4.75. The van der Waals surface area contributed by atoms with Gasteiger partial charge in [0.2, 0.25) is 5.91 Å². The van der Waals surface area contributed by atoms with Crippen LogP contribution in [0.3, 0.4) is 0 Å². The minimum Gasteiger partial charge on any atom is -0.367 e. The molecule has 0 radical (unpaired) electrons. The number of rotatable bonds is 7. The molecule has 258 valence electrons. The van der Waals surface area contributed by atoms with E-state index < -0.39 is 50.3 Å². The van der Waals surface area contributed by atoms with Crippen molar-refractivity contribution in [1.82, 2.24) is 9.55 Å². The Kier molecular flexibility index (Phi) is 9.64. The normalized spacial score (nSPS) is 15.6. The van der Waals surface area contributed by atoms with Gasteiger partial charge in [0.15, 0.2) is 11.3 Å². The third-order valence-electron chi connectivity index (χ3n) is 7.04. The molecule has 0 spiro atoms. The SMILES string of the molecule is COC(c1ccc(C)cc1N1C(=O)CSC1=NC(=O)Nc1ccc(-c2cn(-c3ccc(S(=O)(=O)C(F)(F)F)cc3)cn2)cc1F)C(F)(F)F. The highest BCUT2D eigenvalue weighted by Gasteiger charge is 2.47. The molecule has 0 saturated carbocycles. The van der Waals surface area contributed by atoms with E-state index in [9.17, 15) is 44.3 Å². The summed E-state index contributed by atoms with van der Waals surface area (Å²) < 4.78 is 124. The number of nitrogens with zero attached hydrogens (tertiary/aromatic N) is 4. The number of carbonyl (C=O) groups excluding carboxylic acids is 2. The highest BCUT2D eigenvalue weighted by molar-refractivity contribution is 8.15. The lowest BCUT2D eigenvalue weighted by molar-refractivity contribution is -0.215. The quantitative estimate of drug-likeness (QED) is 0.200. The van der Waals surface area contributed by atoms with Crippen molar-refractivity contribution in [2.45, 2.75) is 29.6 Å². The number of hydrogen-bond acceptors (Lipinski definition) is 7. The number of anilines is 2. The number of aromatic nitrogens is 2. The van der Waals surface area contributed by atoms with Crippen LogP contribution in [0, 0.1) is 12.7 Å². The molecule has 1 fully saturated rings. The van der Waals surface area contributed by atoms with Crippen LogP contribution in [0.5, 0.6) is 0 Å². The number of hydrogen-bond donors (Lipinski definition) is 1. The monoisotopic (exact) mass is 729 g/mol. The highest BCUT2D eigenvalue weighted by Crippen LogP contribution is 2.42. The van der Waals surface area contributed by atoms with Gasteiger partial charge in [-0.3, -0.25) is 9.69 Å². The molecule has 1 atom stereocenters. The molecule has 4 aromatic rings. The van der Waals surface area contributed by atoms with Gasteiger partial charge in [0.1, 0.15) is 5.82 Å². The van der Waals surface area contributed by atoms with Crippen LogP contribution in [0.15, 0.2) is 83.1 Å². The van der Waals surface area contributed by atoms with Crippen molar-refractivity contribution in [2.75, 3.05) is 23.1 Å². The number of sulfone groups is 1. The molecule has 1 unspecified atom stereocenters. The zero-order chi connectivity index (χ0) is 35.9. The van der Waals surface area contributed by atoms with Gasteiger partial charge in [0, 0.05) is 30.1 Å². The van der Waals surface area contributed by atoms with Gasteiger partial charge in [0.25, 0.3) is 9.84 Å². The molecule has 3 aromatic carbocycles. The summed E-state index contributed by atoms with van der Waals surface area (Å²) in [4.78, 5) is 33.5. The van der Waals surface area contributed by atoms with E-state index in [1.54, 1.807) is 6.92 Å². The number of aliphatic imine (C=N–C) groups is 1. The predicted octanol–water partition coefficient (Wildman–Crippen LogP) is 7.20. The molecule has 1 aliphatic rings. The standard InChI is InChI=1S/C30H22F7N5O5S2/c1-16-3-9-20(26(47-2)29(32,33)34)24(11-16)42-25(43)14-48-28(42)40-27(44)39-22-10-4-17(12-21(22)31)23-13-41(15-38-23)18-5-7-19(8-6-18)49(45,46)30(35,36)37/h3-13,15,26H,14H2,1-2H3,(H,39,44). The molecule has 0 bridgehead atoms. The van der Waals surface area contributed by atoms with Gasteiger partial charge in [0.05, 0.1) is 34.0 Å². The smallest absolute Gasteiger partial charge is 0.367 e. The van der Waals surface area contributed by atoms with Gasteiger partial charge < -0.3 is 14.6 Å². The van der Waals surface area contributed by atoms with E-state index >= 15 is 4.39 Å². The molecule has 3 amide bonds. The van der Waals surface area contributed by atoms with E-state index in [2.05, 4.69) is 20.0 Å². The molecular weight excluding hydrogens is 707 g/mol. The largest absolute Gasteiger partial charge is 0.501 e. The number of nitrogens with one attached hydrogen (secondary N) is 1. The number of methoxy groups -OCH3 is 1. The van der Waals surface area contributed by atoms with Crippen LogP contribution in [0.1, 0.15) is 17.2 Å². The first-order chi connectivity index (χ1) is 22.9. The average Bonchev–Trinajstić information content (AvgIpc) is 3.65. The zero-order valence-corrected chi connectivity index (χ0v) is 26.6. The molecule has 0 aliphatic carbocycles. The topological polar surface area (TPSA) is 123 Å². The first kappa shape index (κ1) is 35.6. The van der Waals surface area contributed by atoms with Crippen LogP contribution in [0.2, 0.25) is 0 Å². The molecule has 5 rings (SSSR count). The summed E-state index contributed by atoms with van der Waals surface area (Å²) >= 11 is 0.800. The van der Waals surface area contributed by atoms with Crippen LogP contribution >= 0.6 is 11.8 Å². The number of aryl methyl sites for hydroxylation is 1. The number of halogens is 7. The number of thioether (sulfide) groups is 1. The van der Waals surface area contributed by atoms with Crippen LogP contribution in [0.25, 0.3) is 16.9 Å². The maximum Gasteiger partial charge on any atom is 0.501 e. The molecule has 49 heavy (non-hydrogen) atoms. The average molecular weight is 730 g/mol. The maximum atomic E-state index is 15.1. The summed E-state index contributed by atoms with van der Waals surface area (Å²) in [5.74, 6) is -1.79. The van der Waals surface area contributed by atoms with E-state index in [0.29, 0.717) is 5.56 Å². The second-order valence-electron chi connectivity index (χ2n) is 10.4. The highest BCUT2D eigenvalue weighted by atomic mass is 32.2. The fourth-order valence-electron chi connectivity index (χ4n) is 4.74. The van der Waals surface area contributed by atoms with Crippen LogP contribution < -0.4 is 10.2 Å². The number of amidine groups is 1. The second-order valence-corrected chi connectivity index (χ2v) is 13.2. The van der Waals surface area contributed by atoms with Crippen LogP contribution in [-0.2, 0) is 19.4 Å². The number of ether oxygens (including phenoxy) is 1. The van der Waals surface area contributed by atoms with E-state index in [4.69, 9.17) is 0 Å². The summed E-state index contributed by atoms with van der Waals surface area (Å²) in [5, 5.41) is 2.00. The Morgan fingerprint density at radius 2 is 1.73 bits per heavy atom. The van der Waals surface area contributed by atoms with Gasteiger partial charge in [-0.1, -0.05) is 30.0 Å². The van der Waals surface area contributed by atoms with Gasteiger partial charge in [-0.25, -0.2) is 22.6 Å². The van der Waals surface area contributed by atoms with E-state index in [1.807, 2.05) is 0 Å². The Bertz CT molecular complexity index is 2060. The number of carbonyl (C=O) groups is 2. The van der Waals surface area contributed by atoms with Gasteiger partial charge >= 0.3 is 17.7 Å². The third-order valence-corrected chi connectivity index (χ3v) is 9.47. The lowest BCUT2D eigenvalue weighted by atomic mass is 10.0. The van der Waals surface area contributed by atoms with Gasteiger partial charge in [-0.15, -0.1) is 0 Å². The summed E-state index contributed by atoms with van der Waals surface area (Å²) in [6.45, 7) is 1.60. The number of benzene rings is 3.